The molecule has 238 valence electrons. The molecule has 9 atom stereocenters. The van der Waals surface area contributed by atoms with Crippen LogP contribution in [0, 0.1) is 52.3 Å². The molecule has 42 heavy (non-hydrogen) atoms. The van der Waals surface area contributed by atoms with Gasteiger partial charge in [0.1, 0.15) is 14.0 Å². The number of fused-ring (bicyclic) bond motifs is 5. The lowest BCUT2D eigenvalue weighted by atomic mass is 9.47. The molecule has 5 heteroatoms. The van der Waals surface area contributed by atoms with Crippen LogP contribution in [-0.4, -0.2) is 38.7 Å². The van der Waals surface area contributed by atoms with Gasteiger partial charge in [0.05, 0.1) is 0 Å². The topological polar surface area (TPSA) is 47.6 Å². The lowest BCUT2D eigenvalue weighted by molar-refractivity contribution is -0.0581. The molecule has 0 aliphatic heterocycles. The minimum absolute atomic E-state index is 0.0242. The average molecular weight is 582 g/mol. The van der Waals surface area contributed by atoms with Crippen LogP contribution in [0.5, 0.6) is 0 Å². The molecule has 0 bridgehead atoms. The van der Waals surface area contributed by atoms with Gasteiger partial charge in [-0.15, -0.1) is 0 Å². The van der Waals surface area contributed by atoms with Crippen molar-refractivity contribution in [2.45, 2.75) is 150 Å². The van der Waals surface area contributed by atoms with Crippen molar-refractivity contribution in [3.8, 4) is 0 Å². The zero-order valence-corrected chi connectivity index (χ0v) is 28.6. The number of carbonyl (C=O) groups is 1. The Labute approximate surface area is 260 Å². The molecular formula is C37H64BNO3. The van der Waals surface area contributed by atoms with Gasteiger partial charge in [-0.3, -0.25) is 0 Å². The molecule has 4 nitrogen and oxygen atoms in total. The Kier molecular flexibility index (Phi) is 11.3. The molecule has 4 rings (SSSR count). The third-order valence-electron chi connectivity index (χ3n) is 12.6. The Morgan fingerprint density at radius 1 is 1.02 bits per heavy atom. The number of ether oxygens (including phenoxy) is 2. The molecule has 0 heterocycles. The van der Waals surface area contributed by atoms with E-state index >= 15 is 0 Å². The van der Waals surface area contributed by atoms with Crippen LogP contribution in [0.15, 0.2) is 11.6 Å². The van der Waals surface area contributed by atoms with E-state index in [1.54, 1.807) is 5.57 Å². The van der Waals surface area contributed by atoms with E-state index in [-0.39, 0.29) is 17.6 Å². The molecule has 0 aromatic rings. The Morgan fingerprint density at radius 2 is 1.76 bits per heavy atom. The van der Waals surface area contributed by atoms with Crippen molar-refractivity contribution in [2.24, 2.45) is 52.3 Å². The molecule has 0 saturated heterocycles. The highest BCUT2D eigenvalue weighted by molar-refractivity contribution is 6.14. The van der Waals surface area contributed by atoms with Crippen molar-refractivity contribution >= 4 is 13.9 Å². The number of hydrogen-bond acceptors (Lipinski definition) is 3. The summed E-state index contributed by atoms with van der Waals surface area (Å²) in [5.74, 6) is 5.67. The van der Waals surface area contributed by atoms with Gasteiger partial charge in [-0.1, -0.05) is 79.4 Å². The number of carbonyl (C=O) groups excluding carboxylic acids is 1. The first-order valence-electron chi connectivity index (χ1n) is 17.8. The molecule has 4 aliphatic carbocycles. The Morgan fingerprint density at radius 3 is 2.48 bits per heavy atom. The van der Waals surface area contributed by atoms with E-state index in [4.69, 9.17) is 17.3 Å². The van der Waals surface area contributed by atoms with Crippen LogP contribution >= 0.6 is 0 Å². The van der Waals surface area contributed by atoms with Gasteiger partial charge >= 0.3 is 6.09 Å². The highest BCUT2D eigenvalue weighted by Gasteiger charge is 2.59. The second-order valence-corrected chi connectivity index (χ2v) is 16.6. The first-order chi connectivity index (χ1) is 19.7. The zero-order chi connectivity index (χ0) is 30.7. The van der Waals surface area contributed by atoms with Crippen molar-refractivity contribution in [3.05, 3.63) is 11.6 Å². The first-order valence-corrected chi connectivity index (χ1v) is 17.8. The molecule has 1 amide bonds. The van der Waals surface area contributed by atoms with Gasteiger partial charge in [0.2, 0.25) is 0 Å². The van der Waals surface area contributed by atoms with Gasteiger partial charge in [-0.25, -0.2) is 4.79 Å². The minimum Gasteiger partial charge on any atom is -0.446 e. The molecule has 8 unspecified atom stereocenters. The average Bonchev–Trinajstić information content (AvgIpc) is 3.25. The maximum absolute atomic E-state index is 12.7. The zero-order valence-electron chi connectivity index (χ0n) is 28.6. The van der Waals surface area contributed by atoms with E-state index in [2.05, 4.69) is 59.9 Å². The predicted octanol–water partition coefficient (Wildman–Crippen LogP) is 9.46. The predicted molar refractivity (Wildman–Crippen MR) is 176 cm³/mol. The second-order valence-electron chi connectivity index (χ2n) is 16.6. The van der Waals surface area contributed by atoms with Crippen molar-refractivity contribution < 1.29 is 14.3 Å². The molecule has 0 aromatic heterocycles. The van der Waals surface area contributed by atoms with Crippen LogP contribution < -0.4 is 5.32 Å². The first kappa shape index (κ1) is 33.9. The molecule has 3 fully saturated rings. The monoisotopic (exact) mass is 581 g/mol. The van der Waals surface area contributed by atoms with Crippen molar-refractivity contribution in [3.63, 3.8) is 0 Å². The standard InChI is InChI=1S/C37H64BNO3/c1-25(2)10-9-11-27(5)31-14-15-32-30-13-12-28-24-29(16-19-35(28,6)33(30)17-20-36(31,32)7)42-34(40)39-22-21-37(8,38)41-23-18-26(3)4/h12,25-27,29-33H,9-11,13-24H2,1-8H3,(H,39,40)/t27-,29?,30?,31?,32?,33?,35?,36?,37?/m1/s1. The summed E-state index contributed by atoms with van der Waals surface area (Å²) >= 11 is 0. The summed E-state index contributed by atoms with van der Waals surface area (Å²) in [5.41, 5.74) is 1.63. The summed E-state index contributed by atoms with van der Waals surface area (Å²) in [6, 6.07) is 0. The van der Waals surface area contributed by atoms with Crippen LogP contribution in [0.3, 0.4) is 0 Å². The number of hydrogen-bond donors (Lipinski definition) is 1. The number of allylic oxidation sites excluding steroid dienone is 1. The normalized spacial score (nSPS) is 36.4. The lowest BCUT2D eigenvalue weighted by Gasteiger charge is -2.58. The van der Waals surface area contributed by atoms with Crippen LogP contribution in [0.1, 0.15) is 139 Å². The highest BCUT2D eigenvalue weighted by atomic mass is 16.6. The van der Waals surface area contributed by atoms with Crippen LogP contribution in [0.4, 0.5) is 4.79 Å². The Hall–Kier alpha value is -0.965. The van der Waals surface area contributed by atoms with E-state index in [1.165, 1.54) is 51.4 Å². The van der Waals surface area contributed by atoms with E-state index in [0.717, 1.165) is 61.2 Å². The summed E-state index contributed by atoms with van der Waals surface area (Å²) in [7, 11) is 6.28. The fourth-order valence-corrected chi connectivity index (χ4v) is 9.96. The van der Waals surface area contributed by atoms with E-state index < -0.39 is 5.50 Å². The van der Waals surface area contributed by atoms with Crippen molar-refractivity contribution in [1.29, 1.82) is 0 Å². The lowest BCUT2D eigenvalue weighted by Crippen LogP contribution is -2.51. The Balaban J connectivity index is 1.28. The van der Waals surface area contributed by atoms with Gasteiger partial charge in [0.25, 0.3) is 0 Å². The van der Waals surface area contributed by atoms with Crippen molar-refractivity contribution in [2.75, 3.05) is 13.2 Å². The number of nitrogens with one attached hydrogen (secondary N) is 1. The Bertz CT molecular complexity index is 930. The summed E-state index contributed by atoms with van der Waals surface area (Å²) in [6.45, 7) is 19.9. The molecule has 4 aliphatic rings. The van der Waals surface area contributed by atoms with Gasteiger partial charge < -0.3 is 14.8 Å². The molecule has 1 N–H and O–H groups in total. The third-order valence-corrected chi connectivity index (χ3v) is 12.6. The molecular weight excluding hydrogens is 517 g/mol. The molecule has 2 radical (unpaired) electrons. The third kappa shape index (κ3) is 7.81. The van der Waals surface area contributed by atoms with E-state index in [0.29, 0.717) is 30.9 Å². The van der Waals surface area contributed by atoms with Gasteiger partial charge in [0, 0.05) is 25.1 Å². The largest absolute Gasteiger partial charge is 0.446 e. The SMILES string of the molecule is [B]C(C)(CCNC(=O)OC1CCC2(C)C(=CCC3C2CCC2(C)C3CCC2[C@H](C)CCCC(C)C)C1)OCCC(C)C. The fourth-order valence-electron chi connectivity index (χ4n) is 9.96. The van der Waals surface area contributed by atoms with Crippen LogP contribution in [-0.2, 0) is 9.47 Å². The van der Waals surface area contributed by atoms with Gasteiger partial charge in [-0.05, 0) is 117 Å². The molecule has 3 saturated carbocycles. The van der Waals surface area contributed by atoms with Gasteiger partial charge in [0.15, 0.2) is 0 Å². The molecule has 0 spiro atoms. The van der Waals surface area contributed by atoms with E-state index in [1.807, 2.05) is 6.92 Å². The number of rotatable bonds is 13. The maximum atomic E-state index is 12.7. The number of alkyl carbamates (subject to hydrolysis) is 1. The smallest absolute Gasteiger partial charge is 0.407 e. The second kappa shape index (κ2) is 14.0. The van der Waals surface area contributed by atoms with Crippen molar-refractivity contribution in [1.82, 2.24) is 5.32 Å². The fraction of sp³-hybridized carbons (Fsp3) is 0.919. The summed E-state index contributed by atoms with van der Waals surface area (Å²) < 4.78 is 11.8. The summed E-state index contributed by atoms with van der Waals surface area (Å²) in [5, 5.41) is 2.93. The number of amides is 1. The molecule has 0 aromatic carbocycles. The summed E-state index contributed by atoms with van der Waals surface area (Å²) in [6.07, 6.45) is 17.9. The van der Waals surface area contributed by atoms with Gasteiger partial charge in [-0.2, -0.15) is 0 Å². The summed E-state index contributed by atoms with van der Waals surface area (Å²) in [4.78, 5) is 12.7. The minimum atomic E-state index is -0.737. The maximum Gasteiger partial charge on any atom is 0.407 e. The highest BCUT2D eigenvalue weighted by Crippen LogP contribution is 2.67. The van der Waals surface area contributed by atoms with Crippen LogP contribution in [0.2, 0.25) is 0 Å². The van der Waals surface area contributed by atoms with Crippen LogP contribution in [0.25, 0.3) is 0 Å². The quantitative estimate of drug-likeness (QED) is 0.174. The van der Waals surface area contributed by atoms with E-state index in [9.17, 15) is 4.79 Å².